The van der Waals surface area contributed by atoms with Crippen LogP contribution in [0.15, 0.2) is 54.9 Å². The van der Waals surface area contributed by atoms with Crippen molar-refractivity contribution < 1.29 is 22.7 Å². The van der Waals surface area contributed by atoms with Crippen LogP contribution in [0.2, 0.25) is 0 Å². The van der Waals surface area contributed by atoms with Gasteiger partial charge in [0.25, 0.3) is 0 Å². The number of nitrogens with one attached hydrogen (secondary N) is 1. The first-order valence-electron chi connectivity index (χ1n) is 10.9. The minimum atomic E-state index is -4.63. The number of nitrogen functional groups attached to an aromatic ring is 1. The Labute approximate surface area is 199 Å². The van der Waals surface area contributed by atoms with E-state index in [1.54, 1.807) is 24.3 Å². The zero-order chi connectivity index (χ0) is 25.0. The summed E-state index contributed by atoms with van der Waals surface area (Å²) in [6, 6.07) is 11.6. The smallest absolute Gasteiger partial charge is 0.419 e. The third-order valence-corrected chi connectivity index (χ3v) is 5.20. The lowest BCUT2D eigenvalue weighted by Gasteiger charge is -2.11. The molecule has 1 aromatic carbocycles. The highest BCUT2D eigenvalue weighted by Gasteiger charge is 2.34. The summed E-state index contributed by atoms with van der Waals surface area (Å²) in [7, 11) is 0. The van der Waals surface area contributed by atoms with Gasteiger partial charge in [0.1, 0.15) is 18.2 Å². The Bertz CT molecular complexity index is 1340. The lowest BCUT2D eigenvalue weighted by Crippen LogP contribution is -2.27. The van der Waals surface area contributed by atoms with Crippen LogP contribution in [0, 0.1) is 0 Å². The van der Waals surface area contributed by atoms with Gasteiger partial charge in [-0.25, -0.2) is 14.5 Å². The molecule has 3 N–H and O–H groups in total. The number of halogens is 3. The van der Waals surface area contributed by atoms with Gasteiger partial charge in [-0.05, 0) is 48.9 Å². The highest BCUT2D eigenvalue weighted by Crippen LogP contribution is 2.35. The summed E-state index contributed by atoms with van der Waals surface area (Å²) in [6.45, 7) is 2.70. The number of alkyl halides is 3. The second kappa shape index (κ2) is 10.00. The monoisotopic (exact) mass is 484 g/mol. The Morgan fingerprint density at radius 3 is 2.57 bits per heavy atom. The number of nitrogens with zero attached hydrogens (tertiary/aromatic N) is 4. The summed E-state index contributed by atoms with van der Waals surface area (Å²) < 4.78 is 47.0. The number of imidazole rings is 1. The van der Waals surface area contributed by atoms with E-state index < -0.39 is 17.6 Å². The van der Waals surface area contributed by atoms with E-state index in [2.05, 4.69) is 20.4 Å². The van der Waals surface area contributed by atoms with Crippen molar-refractivity contribution in [1.29, 1.82) is 0 Å². The molecule has 1 amide bonds. The van der Waals surface area contributed by atoms with Gasteiger partial charge in [0.05, 0.1) is 29.7 Å². The molecule has 8 nitrogen and oxygen atoms in total. The summed E-state index contributed by atoms with van der Waals surface area (Å²) in [5.74, 6) is 0.0426. The second-order valence-corrected chi connectivity index (χ2v) is 7.76. The minimum absolute atomic E-state index is 0.00355. The molecule has 11 heteroatoms. The zero-order valence-corrected chi connectivity index (χ0v) is 18.8. The number of ether oxygens (including phenoxy) is 1. The number of fused-ring (bicyclic) bond motifs is 1. The predicted molar refractivity (Wildman–Crippen MR) is 124 cm³/mol. The van der Waals surface area contributed by atoms with Crippen LogP contribution in [0.4, 0.5) is 19.0 Å². The molecular formula is C24H23F3N6O2. The predicted octanol–water partition coefficient (Wildman–Crippen LogP) is 4.35. The highest BCUT2D eigenvalue weighted by atomic mass is 19.4. The van der Waals surface area contributed by atoms with E-state index in [0.717, 1.165) is 18.1 Å². The fourth-order valence-corrected chi connectivity index (χ4v) is 3.46. The van der Waals surface area contributed by atoms with Gasteiger partial charge >= 0.3 is 6.18 Å². The summed E-state index contributed by atoms with van der Waals surface area (Å²) in [4.78, 5) is 19.4. The molecule has 182 valence electrons. The number of rotatable bonds is 8. The second-order valence-electron chi connectivity index (χ2n) is 7.76. The molecule has 0 aliphatic rings. The van der Waals surface area contributed by atoms with E-state index >= 15 is 0 Å². The number of nitrogens with two attached hydrogens (primary N) is 1. The van der Waals surface area contributed by atoms with E-state index in [0.29, 0.717) is 42.4 Å². The molecule has 0 saturated heterocycles. The maximum absolute atomic E-state index is 13.3. The van der Waals surface area contributed by atoms with Gasteiger partial charge in [-0.15, -0.1) is 0 Å². The van der Waals surface area contributed by atoms with Crippen LogP contribution >= 0.6 is 0 Å². The maximum atomic E-state index is 13.3. The zero-order valence-electron chi connectivity index (χ0n) is 18.8. The van der Waals surface area contributed by atoms with E-state index in [1.807, 2.05) is 19.1 Å². The largest absolute Gasteiger partial charge is 0.492 e. The average molecular weight is 484 g/mol. The van der Waals surface area contributed by atoms with E-state index in [1.165, 1.54) is 16.9 Å². The molecule has 0 unspecified atom stereocenters. The van der Waals surface area contributed by atoms with Crippen LogP contribution < -0.4 is 15.8 Å². The normalized spacial score (nSPS) is 11.5. The maximum Gasteiger partial charge on any atom is 0.419 e. The first-order valence-corrected chi connectivity index (χ1v) is 10.9. The Balaban J connectivity index is 1.53. The van der Waals surface area contributed by atoms with Crippen LogP contribution in [-0.2, 0) is 11.0 Å². The van der Waals surface area contributed by atoms with Crippen molar-refractivity contribution in [1.82, 2.24) is 24.9 Å². The first kappa shape index (κ1) is 24.0. The molecule has 3 heterocycles. The van der Waals surface area contributed by atoms with Crippen LogP contribution in [-0.4, -0.2) is 38.6 Å². The molecule has 3 aromatic heterocycles. The molecule has 0 atom stereocenters. The van der Waals surface area contributed by atoms with Crippen molar-refractivity contribution in [2.75, 3.05) is 18.9 Å². The fraction of sp³-hybridized carbons (Fsp3) is 0.250. The highest BCUT2D eigenvalue weighted by molar-refractivity contribution is 5.75. The Morgan fingerprint density at radius 1 is 1.09 bits per heavy atom. The number of anilines is 1. The molecule has 35 heavy (non-hydrogen) atoms. The molecule has 4 aromatic rings. The number of carbonyl (C=O) groups excluding carboxylic acids is 1. The van der Waals surface area contributed by atoms with Crippen molar-refractivity contribution in [2.45, 2.75) is 25.9 Å². The average Bonchev–Trinajstić information content (AvgIpc) is 3.25. The number of hydrogen-bond acceptors (Lipinski definition) is 6. The van der Waals surface area contributed by atoms with Crippen molar-refractivity contribution in [3.63, 3.8) is 0 Å². The van der Waals surface area contributed by atoms with E-state index in [9.17, 15) is 18.0 Å². The van der Waals surface area contributed by atoms with Crippen LogP contribution in [0.5, 0.6) is 5.75 Å². The summed E-state index contributed by atoms with van der Waals surface area (Å²) in [5, 5.41) is 7.35. The first-order chi connectivity index (χ1) is 16.8. The van der Waals surface area contributed by atoms with Gasteiger partial charge < -0.3 is 15.8 Å². The number of amides is 1. The standard InChI is InChI=1S/C24H23F3N6O2/c1-2-3-22(34)29-10-11-35-17-6-4-15(5-7-17)19-8-9-21-30-14-20(33(21)32-19)16-12-18(24(25,26)27)23(28)31-13-16/h4-9,12-14H,2-3,10-11H2,1H3,(H2,28,31)(H,29,34). The third-order valence-electron chi connectivity index (χ3n) is 5.20. The fourth-order valence-electron chi connectivity index (χ4n) is 3.46. The van der Waals surface area contributed by atoms with E-state index in [-0.39, 0.29) is 11.5 Å². The lowest BCUT2D eigenvalue weighted by molar-refractivity contribution is -0.137. The molecular weight excluding hydrogens is 461 g/mol. The van der Waals surface area contributed by atoms with Gasteiger partial charge in [0, 0.05) is 23.7 Å². The summed E-state index contributed by atoms with van der Waals surface area (Å²) in [5.41, 5.74) is 6.80. The number of hydrogen-bond donors (Lipinski definition) is 2. The van der Waals surface area contributed by atoms with Crippen molar-refractivity contribution in [3.05, 3.63) is 60.4 Å². The molecule has 0 fully saturated rings. The van der Waals surface area contributed by atoms with Gasteiger partial charge in [0.15, 0.2) is 5.65 Å². The topological polar surface area (TPSA) is 107 Å². The van der Waals surface area contributed by atoms with Crippen molar-refractivity contribution in [2.24, 2.45) is 0 Å². The molecule has 0 saturated carbocycles. The molecule has 0 spiro atoms. The molecule has 0 bridgehead atoms. The number of carbonyl (C=O) groups is 1. The summed E-state index contributed by atoms with van der Waals surface area (Å²) in [6.07, 6.45) is -0.644. The van der Waals surface area contributed by atoms with Crippen LogP contribution in [0.1, 0.15) is 25.3 Å². The third kappa shape index (κ3) is 5.51. The molecule has 0 aliphatic carbocycles. The number of benzene rings is 1. The van der Waals surface area contributed by atoms with Gasteiger partial charge in [-0.3, -0.25) is 4.79 Å². The lowest BCUT2D eigenvalue weighted by atomic mass is 10.1. The Kier molecular flexibility index (Phi) is 6.85. The van der Waals surface area contributed by atoms with Crippen LogP contribution in [0.3, 0.4) is 0 Å². The Morgan fingerprint density at radius 2 is 1.86 bits per heavy atom. The van der Waals surface area contributed by atoms with Gasteiger partial charge in [-0.1, -0.05) is 6.92 Å². The van der Waals surface area contributed by atoms with Crippen LogP contribution in [0.25, 0.3) is 28.2 Å². The van der Waals surface area contributed by atoms with Gasteiger partial charge in [-0.2, -0.15) is 18.3 Å². The van der Waals surface area contributed by atoms with Crippen molar-refractivity contribution in [3.8, 4) is 28.3 Å². The summed E-state index contributed by atoms with van der Waals surface area (Å²) >= 11 is 0. The molecule has 4 rings (SSSR count). The SMILES string of the molecule is CCCC(=O)NCCOc1ccc(-c2ccc3ncc(-c4cnc(N)c(C(F)(F)F)c4)n3n2)cc1. The Hall–Kier alpha value is -4.15. The molecule has 0 aliphatic heterocycles. The quantitative estimate of drug-likeness (QED) is 0.360. The number of aromatic nitrogens is 4. The molecule has 0 radical (unpaired) electrons. The van der Waals surface area contributed by atoms with Gasteiger partial charge in [0.2, 0.25) is 5.91 Å². The van der Waals surface area contributed by atoms with E-state index in [4.69, 9.17) is 10.5 Å². The minimum Gasteiger partial charge on any atom is -0.492 e. The number of pyridine rings is 1. The van der Waals surface area contributed by atoms with Crippen molar-refractivity contribution >= 4 is 17.4 Å².